The molecule has 18 heavy (non-hydrogen) atoms. The van der Waals surface area contributed by atoms with Crippen molar-refractivity contribution >= 4 is 33.2 Å². The zero-order valence-electron chi connectivity index (χ0n) is 9.38. The Labute approximate surface area is 117 Å². The summed E-state index contributed by atoms with van der Waals surface area (Å²) in [5, 5.41) is 0.0243. The average molecular weight is 332 g/mol. The number of rotatable bonds is 2. The fraction of sp³-hybridized carbons (Fsp3) is 0.0833. The van der Waals surface area contributed by atoms with Crippen LogP contribution < -0.4 is 10.5 Å². The molecule has 0 saturated heterocycles. The molecule has 1 aromatic heterocycles. The fourth-order valence-corrected chi connectivity index (χ4v) is 2.10. The van der Waals surface area contributed by atoms with E-state index in [-0.39, 0.29) is 5.02 Å². The van der Waals surface area contributed by atoms with Crippen molar-refractivity contribution in [2.24, 2.45) is 0 Å². The van der Waals surface area contributed by atoms with Crippen LogP contribution >= 0.6 is 27.5 Å². The van der Waals surface area contributed by atoms with Gasteiger partial charge in [0.15, 0.2) is 0 Å². The molecule has 0 saturated carbocycles. The van der Waals surface area contributed by atoms with Gasteiger partial charge in [-0.2, -0.15) is 0 Å². The number of benzene rings is 1. The maximum absolute atomic E-state index is 13.4. The van der Waals surface area contributed by atoms with Crippen molar-refractivity contribution in [2.45, 2.75) is 6.92 Å². The Morgan fingerprint density at radius 1 is 1.39 bits per heavy atom. The van der Waals surface area contributed by atoms with E-state index < -0.39 is 5.82 Å². The van der Waals surface area contributed by atoms with Crippen molar-refractivity contribution in [3.05, 3.63) is 45.3 Å². The second-order valence-electron chi connectivity index (χ2n) is 3.69. The Balaban J connectivity index is 2.37. The van der Waals surface area contributed by atoms with Crippen molar-refractivity contribution in [1.82, 2.24) is 4.98 Å². The maximum atomic E-state index is 13.4. The molecule has 0 fully saturated rings. The lowest BCUT2D eigenvalue weighted by Crippen LogP contribution is -1.95. The van der Waals surface area contributed by atoms with E-state index in [4.69, 9.17) is 22.1 Å². The van der Waals surface area contributed by atoms with Crippen LogP contribution in [-0.2, 0) is 0 Å². The highest BCUT2D eigenvalue weighted by Gasteiger charge is 2.11. The van der Waals surface area contributed by atoms with E-state index in [1.165, 1.54) is 18.3 Å². The van der Waals surface area contributed by atoms with Crippen LogP contribution in [0.1, 0.15) is 5.56 Å². The molecule has 0 aliphatic rings. The first-order chi connectivity index (χ1) is 8.47. The highest BCUT2D eigenvalue weighted by molar-refractivity contribution is 9.10. The molecule has 0 unspecified atom stereocenters. The first kappa shape index (κ1) is 13.1. The van der Waals surface area contributed by atoms with Gasteiger partial charge in [0.2, 0.25) is 5.88 Å². The van der Waals surface area contributed by atoms with Crippen LogP contribution in [0.4, 0.5) is 10.1 Å². The Kier molecular flexibility index (Phi) is 3.73. The summed E-state index contributed by atoms with van der Waals surface area (Å²) in [5.74, 6) is 0.117. The highest BCUT2D eigenvalue weighted by Crippen LogP contribution is 2.34. The number of nitrogens with zero attached hydrogens (tertiary/aromatic N) is 1. The van der Waals surface area contributed by atoms with Crippen LogP contribution in [0, 0.1) is 12.7 Å². The molecule has 1 aromatic carbocycles. The summed E-state index contributed by atoms with van der Waals surface area (Å²) in [4.78, 5) is 4.04. The van der Waals surface area contributed by atoms with Gasteiger partial charge in [-0.3, -0.25) is 0 Å². The Morgan fingerprint density at radius 2 is 2.11 bits per heavy atom. The van der Waals surface area contributed by atoms with E-state index >= 15 is 0 Å². The number of nitrogen functional groups attached to an aromatic ring is 1. The molecule has 6 heteroatoms. The van der Waals surface area contributed by atoms with Gasteiger partial charge < -0.3 is 10.5 Å². The average Bonchev–Trinajstić information content (AvgIpc) is 2.29. The number of anilines is 1. The summed E-state index contributed by atoms with van der Waals surface area (Å²) in [6, 6.07) is 4.35. The van der Waals surface area contributed by atoms with Gasteiger partial charge in [-0.1, -0.05) is 11.6 Å². The lowest BCUT2D eigenvalue weighted by molar-refractivity contribution is 0.451. The zero-order valence-corrected chi connectivity index (χ0v) is 11.7. The summed E-state index contributed by atoms with van der Waals surface area (Å²) < 4.78 is 19.4. The molecule has 0 atom stereocenters. The fourth-order valence-electron chi connectivity index (χ4n) is 1.38. The molecular weight excluding hydrogens is 322 g/mol. The quantitative estimate of drug-likeness (QED) is 0.834. The molecule has 94 valence electrons. The number of halogens is 3. The van der Waals surface area contributed by atoms with Crippen molar-refractivity contribution in [3.8, 4) is 11.6 Å². The third kappa shape index (κ3) is 2.73. The summed E-state index contributed by atoms with van der Waals surface area (Å²) >= 11 is 8.90. The molecular formula is C12H9BrClFN2O. The normalized spacial score (nSPS) is 10.4. The monoisotopic (exact) mass is 330 g/mol. The number of ether oxygens (including phenoxy) is 1. The van der Waals surface area contributed by atoms with Gasteiger partial charge in [-0.25, -0.2) is 9.37 Å². The number of nitrogens with two attached hydrogens (primary N) is 1. The minimum absolute atomic E-state index is 0.0243. The zero-order chi connectivity index (χ0) is 13.3. The molecule has 2 N–H and O–H groups in total. The van der Waals surface area contributed by atoms with Gasteiger partial charge in [-0.05, 0) is 35.0 Å². The van der Waals surface area contributed by atoms with E-state index in [9.17, 15) is 4.39 Å². The lowest BCUT2D eigenvalue weighted by atomic mass is 10.3. The third-order valence-corrected chi connectivity index (χ3v) is 3.14. The summed E-state index contributed by atoms with van der Waals surface area (Å²) in [6.45, 7) is 1.80. The minimum atomic E-state index is -0.553. The van der Waals surface area contributed by atoms with E-state index in [2.05, 4.69) is 20.9 Å². The van der Waals surface area contributed by atoms with Crippen LogP contribution in [-0.4, -0.2) is 4.98 Å². The van der Waals surface area contributed by atoms with E-state index in [1.807, 2.05) is 0 Å². The molecule has 0 bridgehead atoms. The van der Waals surface area contributed by atoms with E-state index in [1.54, 1.807) is 13.0 Å². The molecule has 0 amide bonds. The molecule has 0 aliphatic heterocycles. The second-order valence-corrected chi connectivity index (χ2v) is 4.95. The van der Waals surface area contributed by atoms with Gasteiger partial charge in [-0.15, -0.1) is 0 Å². The first-order valence-electron chi connectivity index (χ1n) is 5.02. The number of aromatic nitrogens is 1. The maximum Gasteiger partial charge on any atom is 0.222 e. The van der Waals surface area contributed by atoms with E-state index in [0.29, 0.717) is 21.8 Å². The minimum Gasteiger partial charge on any atom is -0.437 e. The van der Waals surface area contributed by atoms with Crippen LogP contribution in [0.25, 0.3) is 0 Å². The molecule has 2 rings (SSSR count). The van der Waals surface area contributed by atoms with Gasteiger partial charge in [0.1, 0.15) is 11.6 Å². The molecule has 2 aromatic rings. The SMILES string of the molecule is Cc1cc(N)cnc1Oc1cc(F)c(Cl)cc1Br. The summed E-state index contributed by atoms with van der Waals surface area (Å²) in [6.07, 6.45) is 1.47. The molecule has 0 spiro atoms. The Morgan fingerprint density at radius 3 is 2.78 bits per heavy atom. The molecule has 0 aliphatic carbocycles. The van der Waals surface area contributed by atoms with Crippen molar-refractivity contribution in [2.75, 3.05) is 5.73 Å². The number of hydrogen-bond acceptors (Lipinski definition) is 3. The molecule has 3 nitrogen and oxygen atoms in total. The number of pyridine rings is 1. The Bertz CT molecular complexity index is 607. The predicted octanol–water partition coefficient (Wildman–Crippen LogP) is 4.32. The highest BCUT2D eigenvalue weighted by atomic mass is 79.9. The van der Waals surface area contributed by atoms with Crippen LogP contribution in [0.5, 0.6) is 11.6 Å². The lowest BCUT2D eigenvalue weighted by Gasteiger charge is -2.10. The van der Waals surface area contributed by atoms with Crippen LogP contribution in [0.3, 0.4) is 0 Å². The number of hydrogen-bond donors (Lipinski definition) is 1. The molecule has 0 radical (unpaired) electrons. The number of aryl methyl sites for hydroxylation is 1. The van der Waals surface area contributed by atoms with Crippen LogP contribution in [0.2, 0.25) is 5.02 Å². The van der Waals surface area contributed by atoms with Gasteiger partial charge in [0, 0.05) is 11.6 Å². The van der Waals surface area contributed by atoms with Gasteiger partial charge >= 0.3 is 0 Å². The largest absolute Gasteiger partial charge is 0.437 e. The van der Waals surface area contributed by atoms with Crippen molar-refractivity contribution < 1.29 is 9.13 Å². The smallest absolute Gasteiger partial charge is 0.222 e. The van der Waals surface area contributed by atoms with Crippen LogP contribution in [0.15, 0.2) is 28.9 Å². The summed E-state index contributed by atoms with van der Waals surface area (Å²) in [5.41, 5.74) is 6.89. The van der Waals surface area contributed by atoms with Crippen molar-refractivity contribution in [1.29, 1.82) is 0 Å². The summed E-state index contributed by atoms with van der Waals surface area (Å²) in [7, 11) is 0. The Hall–Kier alpha value is -1.33. The van der Waals surface area contributed by atoms with Crippen molar-refractivity contribution in [3.63, 3.8) is 0 Å². The molecule has 1 heterocycles. The van der Waals surface area contributed by atoms with Gasteiger partial charge in [0.05, 0.1) is 21.4 Å². The third-order valence-electron chi connectivity index (χ3n) is 2.23. The standard InChI is InChI=1S/C12H9BrClFN2O/c1-6-2-7(16)5-17-12(6)18-11-4-10(15)9(14)3-8(11)13/h2-5H,16H2,1H3. The topological polar surface area (TPSA) is 48.1 Å². The van der Waals surface area contributed by atoms with Gasteiger partial charge in [0.25, 0.3) is 0 Å². The second kappa shape index (κ2) is 5.12. The predicted molar refractivity (Wildman–Crippen MR) is 72.6 cm³/mol. The van der Waals surface area contributed by atoms with E-state index in [0.717, 1.165) is 5.56 Å². The first-order valence-corrected chi connectivity index (χ1v) is 6.19.